The Balaban J connectivity index is 1.65. The number of nitrogens with zero attached hydrogens (tertiary/aromatic N) is 1. The van der Waals surface area contributed by atoms with E-state index in [1.165, 1.54) is 49.8 Å². The Kier molecular flexibility index (Phi) is 4.29. The zero-order valence-corrected chi connectivity index (χ0v) is 13.0. The van der Waals surface area contributed by atoms with Crippen molar-refractivity contribution in [3.63, 3.8) is 0 Å². The van der Waals surface area contributed by atoms with Gasteiger partial charge in [-0.25, -0.2) is 4.79 Å². The van der Waals surface area contributed by atoms with Crippen molar-refractivity contribution in [2.24, 2.45) is 5.92 Å². The van der Waals surface area contributed by atoms with E-state index in [4.69, 9.17) is 4.74 Å². The second-order valence-corrected chi connectivity index (χ2v) is 6.70. The largest absolute Gasteiger partial charge is 0.452 e. The van der Waals surface area contributed by atoms with Gasteiger partial charge in [0.1, 0.15) is 6.54 Å². The summed E-state index contributed by atoms with van der Waals surface area (Å²) in [6.45, 7) is 7.10. The van der Waals surface area contributed by atoms with Crippen LogP contribution < -0.4 is 0 Å². The molecular weight excluding hydrogens is 262 g/mol. The number of unbranched alkanes of at least 4 members (excludes halogenated alkanes) is 1. The number of quaternary nitrogens is 1. The Morgan fingerprint density at radius 3 is 2.62 bits per heavy atom. The number of hydrogen-bond acceptors (Lipinski definition) is 2. The van der Waals surface area contributed by atoms with Crippen molar-refractivity contribution in [1.29, 1.82) is 0 Å². The van der Waals surface area contributed by atoms with Crippen LogP contribution in [0.25, 0.3) is 0 Å². The summed E-state index contributed by atoms with van der Waals surface area (Å²) in [5.41, 5.74) is 0.675. The molecule has 0 saturated carbocycles. The van der Waals surface area contributed by atoms with E-state index in [1.807, 2.05) is 30.3 Å². The lowest BCUT2D eigenvalue weighted by Gasteiger charge is -2.52. The van der Waals surface area contributed by atoms with E-state index >= 15 is 0 Å². The average molecular weight is 288 g/mol. The maximum absolute atomic E-state index is 12.3. The van der Waals surface area contributed by atoms with Gasteiger partial charge < -0.3 is 9.22 Å². The lowest BCUT2D eigenvalue weighted by molar-refractivity contribution is -0.946. The Morgan fingerprint density at radius 1 is 1.24 bits per heavy atom. The highest BCUT2D eigenvalue weighted by Crippen LogP contribution is 2.36. The van der Waals surface area contributed by atoms with E-state index in [1.54, 1.807) is 0 Å². The number of ether oxygens (including phenoxy) is 1. The summed E-state index contributed by atoms with van der Waals surface area (Å²) in [6.07, 6.45) is 5.09. The van der Waals surface area contributed by atoms with Crippen LogP contribution in [0.5, 0.6) is 0 Å². The van der Waals surface area contributed by atoms with Crippen LogP contribution in [0, 0.1) is 5.92 Å². The molecule has 0 radical (unpaired) electrons. The first-order valence-corrected chi connectivity index (χ1v) is 8.33. The third kappa shape index (κ3) is 3.13. The predicted molar refractivity (Wildman–Crippen MR) is 83.0 cm³/mol. The van der Waals surface area contributed by atoms with Gasteiger partial charge in [0.25, 0.3) is 0 Å². The maximum atomic E-state index is 12.3. The fourth-order valence-electron chi connectivity index (χ4n) is 3.94. The van der Waals surface area contributed by atoms with Crippen molar-refractivity contribution >= 4 is 5.97 Å². The quantitative estimate of drug-likeness (QED) is 0.614. The van der Waals surface area contributed by atoms with E-state index in [9.17, 15) is 4.79 Å². The number of esters is 1. The molecule has 3 heterocycles. The van der Waals surface area contributed by atoms with Gasteiger partial charge in [0.2, 0.25) is 0 Å². The highest BCUT2D eigenvalue weighted by Gasteiger charge is 2.47. The molecular formula is C18H26NO2+. The van der Waals surface area contributed by atoms with Gasteiger partial charge >= 0.3 is 5.97 Å². The average Bonchev–Trinajstić information content (AvgIpc) is 2.55. The molecule has 1 aromatic rings. The van der Waals surface area contributed by atoms with Gasteiger partial charge in [0.05, 0.1) is 25.2 Å². The molecule has 3 aliphatic rings. The highest BCUT2D eigenvalue weighted by atomic mass is 16.5. The van der Waals surface area contributed by atoms with Crippen LogP contribution in [-0.4, -0.2) is 42.7 Å². The van der Waals surface area contributed by atoms with Gasteiger partial charge in [-0.2, -0.15) is 0 Å². The Bertz CT molecular complexity index is 477. The smallest absolute Gasteiger partial charge is 0.338 e. The molecule has 4 rings (SSSR count). The van der Waals surface area contributed by atoms with Crippen molar-refractivity contribution in [3.8, 4) is 0 Å². The Hall–Kier alpha value is -1.35. The second kappa shape index (κ2) is 6.18. The van der Waals surface area contributed by atoms with Gasteiger partial charge in [-0.05, 0) is 18.6 Å². The first kappa shape index (κ1) is 14.6. The third-order valence-corrected chi connectivity index (χ3v) is 5.30. The molecule has 3 heteroatoms. The number of piperidine rings is 3. The number of hydrogen-bond donors (Lipinski definition) is 0. The SMILES string of the molecule is CCCC[N+]12CCC(CC1)C(OC(=O)c1ccccc1)C2. The van der Waals surface area contributed by atoms with Gasteiger partial charge in [0.15, 0.2) is 6.10 Å². The molecule has 1 atom stereocenters. The summed E-state index contributed by atoms with van der Waals surface area (Å²) < 4.78 is 7.04. The minimum atomic E-state index is -0.150. The number of carbonyl (C=O) groups excluding carboxylic acids is 1. The van der Waals surface area contributed by atoms with Gasteiger partial charge in [-0.1, -0.05) is 31.5 Å². The molecule has 0 aliphatic carbocycles. The molecule has 0 aromatic heterocycles. The zero-order valence-electron chi connectivity index (χ0n) is 13.0. The zero-order chi connectivity index (χ0) is 14.7. The second-order valence-electron chi connectivity index (χ2n) is 6.70. The Morgan fingerprint density at radius 2 is 1.95 bits per heavy atom. The molecule has 3 nitrogen and oxygen atoms in total. The van der Waals surface area contributed by atoms with Gasteiger partial charge in [-0.15, -0.1) is 0 Å². The number of benzene rings is 1. The minimum absolute atomic E-state index is 0.122. The minimum Gasteiger partial charge on any atom is -0.452 e. The summed E-state index contributed by atoms with van der Waals surface area (Å²) in [4.78, 5) is 12.3. The van der Waals surface area contributed by atoms with Crippen LogP contribution >= 0.6 is 0 Å². The maximum Gasteiger partial charge on any atom is 0.338 e. The molecule has 3 fully saturated rings. The molecule has 0 amide bonds. The number of rotatable bonds is 5. The van der Waals surface area contributed by atoms with Crippen molar-refractivity contribution in [1.82, 2.24) is 0 Å². The number of carbonyl (C=O) groups is 1. The van der Waals surface area contributed by atoms with E-state index in [-0.39, 0.29) is 12.1 Å². The molecule has 21 heavy (non-hydrogen) atoms. The molecule has 0 N–H and O–H groups in total. The molecule has 2 bridgehead atoms. The first-order chi connectivity index (χ1) is 10.2. The lowest BCUT2D eigenvalue weighted by Crippen LogP contribution is -2.64. The molecule has 114 valence electrons. The fourth-order valence-corrected chi connectivity index (χ4v) is 3.94. The van der Waals surface area contributed by atoms with E-state index < -0.39 is 0 Å². The van der Waals surface area contributed by atoms with Crippen molar-refractivity contribution < 1.29 is 14.0 Å². The highest BCUT2D eigenvalue weighted by molar-refractivity contribution is 5.89. The molecule has 3 saturated heterocycles. The lowest BCUT2D eigenvalue weighted by atomic mass is 9.83. The van der Waals surface area contributed by atoms with Gasteiger partial charge in [-0.3, -0.25) is 0 Å². The number of fused-ring (bicyclic) bond motifs is 3. The summed E-state index contributed by atoms with van der Waals surface area (Å²) in [5.74, 6) is 0.433. The summed E-state index contributed by atoms with van der Waals surface area (Å²) in [5, 5.41) is 0. The Labute approximate surface area is 127 Å². The van der Waals surface area contributed by atoms with E-state index in [0.29, 0.717) is 11.5 Å². The molecule has 0 spiro atoms. The monoisotopic (exact) mass is 288 g/mol. The van der Waals surface area contributed by atoms with Crippen molar-refractivity contribution in [2.75, 3.05) is 26.2 Å². The van der Waals surface area contributed by atoms with Crippen molar-refractivity contribution in [2.45, 2.75) is 38.7 Å². The fraction of sp³-hybridized carbons (Fsp3) is 0.611. The van der Waals surface area contributed by atoms with E-state index in [0.717, 1.165) is 6.54 Å². The van der Waals surface area contributed by atoms with Crippen LogP contribution in [0.4, 0.5) is 0 Å². The van der Waals surface area contributed by atoms with Crippen LogP contribution in [-0.2, 0) is 4.74 Å². The first-order valence-electron chi connectivity index (χ1n) is 8.33. The molecule has 1 unspecified atom stereocenters. The van der Waals surface area contributed by atoms with Crippen molar-refractivity contribution in [3.05, 3.63) is 35.9 Å². The van der Waals surface area contributed by atoms with E-state index in [2.05, 4.69) is 6.92 Å². The third-order valence-electron chi connectivity index (χ3n) is 5.30. The normalized spacial score (nSPS) is 31.1. The van der Waals surface area contributed by atoms with Crippen LogP contribution in [0.3, 0.4) is 0 Å². The summed E-state index contributed by atoms with van der Waals surface area (Å²) in [7, 11) is 0. The van der Waals surface area contributed by atoms with Crippen LogP contribution in [0.1, 0.15) is 43.0 Å². The topological polar surface area (TPSA) is 26.3 Å². The van der Waals surface area contributed by atoms with Crippen LogP contribution in [0.15, 0.2) is 30.3 Å². The summed E-state index contributed by atoms with van der Waals surface area (Å²) in [6, 6.07) is 9.39. The summed E-state index contributed by atoms with van der Waals surface area (Å²) >= 11 is 0. The van der Waals surface area contributed by atoms with Gasteiger partial charge in [0, 0.05) is 18.8 Å². The molecule has 1 aromatic carbocycles. The predicted octanol–water partition coefficient (Wildman–Crippen LogP) is 3.25. The standard InChI is InChI=1S/C18H26NO2/c1-2-3-11-19-12-9-15(10-13-19)17(14-19)21-18(20)16-7-5-4-6-8-16/h4-8,15,17H,2-3,9-14H2,1H3/q+1. The molecule has 3 aliphatic heterocycles. The van der Waals surface area contributed by atoms with Crippen LogP contribution in [0.2, 0.25) is 0 Å².